The smallest absolute Gasteiger partial charge is 0.0171 e. The second-order valence-electron chi connectivity index (χ2n) is 3.62. The van der Waals surface area contributed by atoms with Gasteiger partial charge >= 0.3 is 0 Å². The first-order valence-corrected chi connectivity index (χ1v) is 3.97. The van der Waals surface area contributed by atoms with Crippen molar-refractivity contribution in [1.29, 1.82) is 0 Å². The fourth-order valence-electron chi connectivity index (χ4n) is 2.42. The van der Waals surface area contributed by atoms with Gasteiger partial charge in [0.15, 0.2) is 0 Å². The fraction of sp³-hybridized carbons (Fsp3) is 0.778. The van der Waals surface area contributed by atoms with Crippen LogP contribution in [0.25, 0.3) is 0 Å². The summed E-state index contributed by atoms with van der Waals surface area (Å²) in [4.78, 5) is 0. The normalized spacial score (nSPS) is 54.9. The van der Waals surface area contributed by atoms with Crippen molar-refractivity contribution in [2.24, 2.45) is 23.7 Å². The van der Waals surface area contributed by atoms with Crippen molar-refractivity contribution in [3.63, 3.8) is 0 Å². The molecule has 2 aliphatic rings. The van der Waals surface area contributed by atoms with Crippen LogP contribution in [0.4, 0.5) is 0 Å². The standard InChI is InChI=1S/C9H14/c1-6-7(2)9-5-3-4-8(6)9/h3-4,6-9H,5H2,1-2H3. The van der Waals surface area contributed by atoms with Gasteiger partial charge in [0.25, 0.3) is 0 Å². The molecule has 0 aromatic heterocycles. The molecule has 4 unspecified atom stereocenters. The molecule has 0 radical (unpaired) electrons. The summed E-state index contributed by atoms with van der Waals surface area (Å²) in [7, 11) is 0. The van der Waals surface area contributed by atoms with Gasteiger partial charge in [-0.2, -0.15) is 0 Å². The average Bonchev–Trinajstić information content (AvgIpc) is 2.30. The number of allylic oxidation sites excluding steroid dienone is 2. The highest BCUT2D eigenvalue weighted by Gasteiger charge is 2.44. The molecule has 0 nitrogen and oxygen atoms in total. The van der Waals surface area contributed by atoms with Gasteiger partial charge in [0.05, 0.1) is 0 Å². The zero-order valence-corrected chi connectivity index (χ0v) is 6.17. The van der Waals surface area contributed by atoms with Gasteiger partial charge < -0.3 is 0 Å². The molecule has 1 fully saturated rings. The third-order valence-electron chi connectivity index (χ3n) is 3.37. The van der Waals surface area contributed by atoms with Crippen molar-refractivity contribution < 1.29 is 0 Å². The van der Waals surface area contributed by atoms with E-state index in [1.807, 2.05) is 0 Å². The van der Waals surface area contributed by atoms with Crippen LogP contribution in [0, 0.1) is 23.7 Å². The molecule has 0 aromatic rings. The van der Waals surface area contributed by atoms with Crippen molar-refractivity contribution in [2.45, 2.75) is 20.3 Å². The number of rotatable bonds is 0. The average molecular weight is 122 g/mol. The number of hydrogen-bond donors (Lipinski definition) is 0. The van der Waals surface area contributed by atoms with Crippen LogP contribution in [0.3, 0.4) is 0 Å². The van der Waals surface area contributed by atoms with Gasteiger partial charge in [0.1, 0.15) is 0 Å². The van der Waals surface area contributed by atoms with Crippen LogP contribution in [0.15, 0.2) is 12.2 Å². The molecule has 4 atom stereocenters. The highest BCUT2D eigenvalue weighted by molar-refractivity contribution is 5.11. The van der Waals surface area contributed by atoms with Crippen LogP contribution in [0.2, 0.25) is 0 Å². The Labute approximate surface area is 57.0 Å². The molecule has 0 aliphatic heterocycles. The predicted molar refractivity (Wildman–Crippen MR) is 39.1 cm³/mol. The van der Waals surface area contributed by atoms with Crippen molar-refractivity contribution in [3.05, 3.63) is 12.2 Å². The minimum Gasteiger partial charge on any atom is -0.0879 e. The maximum Gasteiger partial charge on any atom is -0.0171 e. The minimum absolute atomic E-state index is 0.958. The van der Waals surface area contributed by atoms with Crippen molar-refractivity contribution in [2.75, 3.05) is 0 Å². The maximum absolute atomic E-state index is 2.41. The third kappa shape index (κ3) is 0.540. The van der Waals surface area contributed by atoms with Gasteiger partial charge in [0, 0.05) is 0 Å². The molecule has 2 rings (SSSR count). The molecule has 0 N–H and O–H groups in total. The first-order valence-electron chi connectivity index (χ1n) is 3.97. The van der Waals surface area contributed by atoms with Crippen LogP contribution in [0.5, 0.6) is 0 Å². The molecule has 0 saturated heterocycles. The Balaban J connectivity index is 2.12. The largest absolute Gasteiger partial charge is 0.0879 e. The lowest BCUT2D eigenvalue weighted by molar-refractivity contribution is 0.0514. The van der Waals surface area contributed by atoms with Crippen LogP contribution in [0.1, 0.15) is 20.3 Å². The Bertz CT molecular complexity index is 146. The lowest BCUT2D eigenvalue weighted by Crippen LogP contribution is -2.39. The van der Waals surface area contributed by atoms with E-state index in [0.717, 1.165) is 23.7 Å². The van der Waals surface area contributed by atoms with Crippen molar-refractivity contribution in [1.82, 2.24) is 0 Å². The van der Waals surface area contributed by atoms with E-state index < -0.39 is 0 Å². The molecule has 1 saturated carbocycles. The topological polar surface area (TPSA) is 0 Å². The summed E-state index contributed by atoms with van der Waals surface area (Å²) in [6, 6.07) is 0. The Hall–Kier alpha value is -0.260. The van der Waals surface area contributed by atoms with Gasteiger partial charge in [-0.1, -0.05) is 26.0 Å². The SMILES string of the molecule is CC1C(C)C2CC=CC12. The van der Waals surface area contributed by atoms with Crippen LogP contribution < -0.4 is 0 Å². The summed E-state index contributed by atoms with van der Waals surface area (Å²) in [6.45, 7) is 4.76. The first-order chi connectivity index (χ1) is 4.30. The minimum atomic E-state index is 0.958. The van der Waals surface area contributed by atoms with Crippen molar-refractivity contribution >= 4 is 0 Å². The van der Waals surface area contributed by atoms with E-state index in [0.29, 0.717) is 0 Å². The molecular weight excluding hydrogens is 108 g/mol. The van der Waals surface area contributed by atoms with E-state index in [1.54, 1.807) is 0 Å². The summed E-state index contributed by atoms with van der Waals surface area (Å²) in [5.74, 6) is 3.94. The molecule has 0 aromatic carbocycles. The van der Waals surface area contributed by atoms with E-state index in [9.17, 15) is 0 Å². The Morgan fingerprint density at radius 1 is 1.22 bits per heavy atom. The lowest BCUT2D eigenvalue weighted by atomic mass is 9.60. The Morgan fingerprint density at radius 2 is 2.00 bits per heavy atom. The van der Waals surface area contributed by atoms with Gasteiger partial charge in [0.2, 0.25) is 0 Å². The molecular formula is C9H14. The number of fused-ring (bicyclic) bond motifs is 1. The molecule has 0 amide bonds. The molecule has 50 valence electrons. The Morgan fingerprint density at radius 3 is 2.67 bits per heavy atom. The number of hydrogen-bond acceptors (Lipinski definition) is 0. The molecule has 0 heterocycles. The first kappa shape index (κ1) is 5.52. The van der Waals surface area contributed by atoms with Crippen LogP contribution >= 0.6 is 0 Å². The third-order valence-corrected chi connectivity index (χ3v) is 3.37. The highest BCUT2D eigenvalue weighted by Crippen LogP contribution is 2.51. The van der Waals surface area contributed by atoms with E-state index >= 15 is 0 Å². The van der Waals surface area contributed by atoms with Gasteiger partial charge in [-0.25, -0.2) is 0 Å². The van der Waals surface area contributed by atoms with E-state index in [-0.39, 0.29) is 0 Å². The monoisotopic (exact) mass is 122 g/mol. The van der Waals surface area contributed by atoms with E-state index in [1.165, 1.54) is 6.42 Å². The zero-order valence-electron chi connectivity index (χ0n) is 6.17. The zero-order chi connectivity index (χ0) is 6.43. The van der Waals surface area contributed by atoms with Crippen molar-refractivity contribution in [3.8, 4) is 0 Å². The van der Waals surface area contributed by atoms with Crippen LogP contribution in [-0.4, -0.2) is 0 Å². The summed E-state index contributed by atoms with van der Waals surface area (Å²) in [5, 5.41) is 0. The molecule has 0 heteroatoms. The van der Waals surface area contributed by atoms with Crippen LogP contribution in [-0.2, 0) is 0 Å². The molecule has 9 heavy (non-hydrogen) atoms. The lowest BCUT2D eigenvalue weighted by Gasteiger charge is -2.45. The fourth-order valence-corrected chi connectivity index (χ4v) is 2.42. The second-order valence-corrected chi connectivity index (χ2v) is 3.62. The van der Waals surface area contributed by atoms with Gasteiger partial charge in [-0.15, -0.1) is 0 Å². The highest BCUT2D eigenvalue weighted by atomic mass is 14.5. The molecule has 0 spiro atoms. The van der Waals surface area contributed by atoms with E-state index in [4.69, 9.17) is 0 Å². The predicted octanol–water partition coefficient (Wildman–Crippen LogP) is 2.46. The van der Waals surface area contributed by atoms with Gasteiger partial charge in [-0.05, 0) is 30.1 Å². The Kier molecular flexibility index (Phi) is 0.992. The maximum atomic E-state index is 2.41. The van der Waals surface area contributed by atoms with E-state index in [2.05, 4.69) is 26.0 Å². The molecule has 2 aliphatic carbocycles. The summed E-state index contributed by atoms with van der Waals surface area (Å²) in [5.41, 5.74) is 0. The van der Waals surface area contributed by atoms with Gasteiger partial charge in [-0.3, -0.25) is 0 Å². The quantitative estimate of drug-likeness (QED) is 0.433. The summed E-state index contributed by atoms with van der Waals surface area (Å²) < 4.78 is 0. The second kappa shape index (κ2) is 1.62. The molecule has 0 bridgehead atoms. The summed E-state index contributed by atoms with van der Waals surface area (Å²) >= 11 is 0. The summed E-state index contributed by atoms with van der Waals surface area (Å²) in [6.07, 6.45) is 6.13.